The van der Waals surface area contributed by atoms with Crippen LogP contribution in [0.3, 0.4) is 0 Å². The number of methoxy groups -OCH3 is 1. The zero-order chi connectivity index (χ0) is 24.4. The first-order chi connectivity index (χ1) is 16.3. The number of thiophene rings is 1. The third kappa shape index (κ3) is 4.37. The Labute approximate surface area is 201 Å². The molecule has 2 aromatic heterocycles. The van der Waals surface area contributed by atoms with Crippen molar-refractivity contribution in [3.05, 3.63) is 80.3 Å². The molecule has 0 unspecified atom stereocenters. The summed E-state index contributed by atoms with van der Waals surface area (Å²) in [5.41, 5.74) is -0.323. The Bertz CT molecular complexity index is 1470. The first-order valence-electron chi connectivity index (χ1n) is 9.96. The van der Waals surface area contributed by atoms with Crippen molar-refractivity contribution in [1.82, 2.24) is 9.78 Å². The highest BCUT2D eigenvalue weighted by Gasteiger charge is 2.24. The van der Waals surface area contributed by atoms with Crippen LogP contribution in [0.15, 0.2) is 52.6 Å². The lowest BCUT2D eigenvalue weighted by Gasteiger charge is -2.11. The van der Waals surface area contributed by atoms with Gasteiger partial charge in [0.25, 0.3) is 11.5 Å². The summed E-state index contributed by atoms with van der Waals surface area (Å²) >= 11 is 7.08. The van der Waals surface area contributed by atoms with Crippen LogP contribution in [-0.4, -0.2) is 35.4 Å². The summed E-state index contributed by atoms with van der Waals surface area (Å²) in [5, 5.41) is 9.21. The Balaban J connectivity index is 1.88. The monoisotopic (exact) mass is 501 g/mol. The number of halogens is 2. The number of aromatic nitrogens is 2. The lowest BCUT2D eigenvalue weighted by Crippen LogP contribution is -2.25. The van der Waals surface area contributed by atoms with Crippen molar-refractivity contribution in [2.75, 3.05) is 19.0 Å². The molecule has 11 heteroatoms. The Hall–Kier alpha value is -3.76. The third-order valence-corrected chi connectivity index (χ3v) is 5.96. The molecule has 2 heterocycles. The van der Waals surface area contributed by atoms with Crippen LogP contribution in [0, 0.1) is 5.82 Å². The number of amides is 1. The number of rotatable bonds is 6. The minimum Gasteiger partial charge on any atom is -0.496 e. The number of benzene rings is 2. The van der Waals surface area contributed by atoms with E-state index in [0.717, 1.165) is 16.0 Å². The molecule has 2 aromatic carbocycles. The molecule has 8 nitrogen and oxygen atoms in total. The van der Waals surface area contributed by atoms with E-state index in [-0.39, 0.29) is 39.3 Å². The van der Waals surface area contributed by atoms with E-state index in [9.17, 15) is 18.8 Å². The van der Waals surface area contributed by atoms with Crippen LogP contribution < -0.4 is 15.6 Å². The van der Waals surface area contributed by atoms with E-state index in [1.165, 1.54) is 42.8 Å². The molecule has 4 rings (SSSR count). The quantitative estimate of drug-likeness (QED) is 0.385. The van der Waals surface area contributed by atoms with Gasteiger partial charge in [0.2, 0.25) is 0 Å². The number of fused-ring (bicyclic) bond motifs is 1. The van der Waals surface area contributed by atoms with Crippen molar-refractivity contribution in [3.8, 4) is 11.4 Å². The number of anilines is 1. The van der Waals surface area contributed by atoms with Crippen molar-refractivity contribution in [2.24, 2.45) is 0 Å². The molecule has 4 aromatic rings. The van der Waals surface area contributed by atoms with Crippen LogP contribution in [0.4, 0.5) is 9.39 Å². The van der Waals surface area contributed by atoms with Gasteiger partial charge in [-0.1, -0.05) is 11.6 Å². The molecular formula is C23H17ClFN3O5S. The third-order valence-electron chi connectivity index (χ3n) is 4.83. The molecule has 0 fully saturated rings. The molecule has 0 atom stereocenters. The van der Waals surface area contributed by atoms with Crippen molar-refractivity contribution in [2.45, 2.75) is 6.92 Å². The summed E-state index contributed by atoms with van der Waals surface area (Å²) < 4.78 is 24.7. The Kier molecular flexibility index (Phi) is 6.62. The molecule has 0 spiro atoms. The molecular weight excluding hydrogens is 485 g/mol. The van der Waals surface area contributed by atoms with Gasteiger partial charge in [0, 0.05) is 15.8 Å². The Morgan fingerprint density at radius 2 is 1.94 bits per heavy atom. The average molecular weight is 502 g/mol. The van der Waals surface area contributed by atoms with Crippen LogP contribution in [0.25, 0.3) is 16.5 Å². The normalized spacial score (nSPS) is 10.8. The molecule has 0 saturated carbocycles. The van der Waals surface area contributed by atoms with Gasteiger partial charge in [-0.3, -0.25) is 9.59 Å². The molecule has 1 N–H and O–H groups in total. The fraction of sp³-hybridized carbons (Fsp3) is 0.130. The zero-order valence-corrected chi connectivity index (χ0v) is 19.5. The van der Waals surface area contributed by atoms with Crippen molar-refractivity contribution >= 4 is 50.6 Å². The van der Waals surface area contributed by atoms with Gasteiger partial charge in [0.05, 0.1) is 30.4 Å². The topological polar surface area (TPSA) is 99.5 Å². The Morgan fingerprint density at radius 1 is 1.21 bits per heavy atom. The number of esters is 1. The van der Waals surface area contributed by atoms with Gasteiger partial charge < -0.3 is 14.8 Å². The second-order valence-electron chi connectivity index (χ2n) is 6.91. The molecule has 0 aliphatic heterocycles. The highest BCUT2D eigenvalue weighted by Crippen LogP contribution is 2.32. The summed E-state index contributed by atoms with van der Waals surface area (Å²) in [6.07, 6.45) is 0. The maximum atomic E-state index is 13.4. The molecule has 0 saturated heterocycles. The summed E-state index contributed by atoms with van der Waals surface area (Å²) in [4.78, 5) is 39.0. The average Bonchev–Trinajstić information content (AvgIpc) is 3.24. The lowest BCUT2D eigenvalue weighted by atomic mass is 10.1. The summed E-state index contributed by atoms with van der Waals surface area (Å²) in [5.74, 6) is -1.51. The van der Waals surface area contributed by atoms with E-state index < -0.39 is 23.3 Å². The number of nitrogens with zero attached hydrogens (tertiary/aromatic N) is 2. The molecule has 0 radical (unpaired) electrons. The largest absolute Gasteiger partial charge is 0.496 e. The minimum absolute atomic E-state index is 0.0572. The standard InChI is InChI=1S/C23H17ClFN3O5S/c1-3-33-23(31)19-16-11-34-21(26-20(29)15-10-12(24)4-9-17(15)32-2)18(16)22(30)28(27-19)14-7-5-13(25)6-8-14/h4-11H,3H2,1-2H3,(H,26,29). The van der Waals surface area contributed by atoms with Crippen LogP contribution >= 0.6 is 22.9 Å². The molecule has 0 bridgehead atoms. The second kappa shape index (κ2) is 9.62. The van der Waals surface area contributed by atoms with Crippen molar-refractivity contribution in [1.29, 1.82) is 0 Å². The summed E-state index contributed by atoms with van der Waals surface area (Å²) in [7, 11) is 1.42. The van der Waals surface area contributed by atoms with E-state index in [1.54, 1.807) is 19.1 Å². The predicted molar refractivity (Wildman–Crippen MR) is 127 cm³/mol. The summed E-state index contributed by atoms with van der Waals surface area (Å²) in [6.45, 7) is 1.74. The molecule has 1 amide bonds. The van der Waals surface area contributed by atoms with Gasteiger partial charge in [-0.25, -0.2) is 9.18 Å². The smallest absolute Gasteiger partial charge is 0.359 e. The minimum atomic E-state index is -0.740. The molecule has 0 aliphatic rings. The van der Waals surface area contributed by atoms with Crippen molar-refractivity contribution < 1.29 is 23.5 Å². The molecule has 34 heavy (non-hydrogen) atoms. The van der Waals surface area contributed by atoms with Gasteiger partial charge >= 0.3 is 5.97 Å². The van der Waals surface area contributed by atoms with E-state index in [0.29, 0.717) is 10.8 Å². The number of hydrogen-bond acceptors (Lipinski definition) is 7. The second-order valence-corrected chi connectivity index (χ2v) is 8.23. The van der Waals surface area contributed by atoms with Crippen LogP contribution in [-0.2, 0) is 4.74 Å². The first-order valence-corrected chi connectivity index (χ1v) is 11.2. The zero-order valence-electron chi connectivity index (χ0n) is 17.9. The summed E-state index contributed by atoms with van der Waals surface area (Å²) in [6, 6.07) is 9.61. The van der Waals surface area contributed by atoms with E-state index in [4.69, 9.17) is 21.1 Å². The van der Waals surface area contributed by atoms with Gasteiger partial charge in [0.15, 0.2) is 5.69 Å². The number of carbonyl (C=O) groups is 2. The highest BCUT2D eigenvalue weighted by molar-refractivity contribution is 7.16. The SMILES string of the molecule is CCOC(=O)c1nn(-c2ccc(F)cc2)c(=O)c2c(NC(=O)c3cc(Cl)ccc3OC)scc12. The van der Waals surface area contributed by atoms with E-state index in [2.05, 4.69) is 10.4 Å². The maximum absolute atomic E-state index is 13.4. The number of nitrogens with one attached hydrogen (secondary N) is 1. The van der Waals surface area contributed by atoms with E-state index >= 15 is 0 Å². The first kappa shape index (κ1) is 23.4. The van der Waals surface area contributed by atoms with Crippen LogP contribution in [0.1, 0.15) is 27.8 Å². The van der Waals surface area contributed by atoms with Gasteiger partial charge in [-0.15, -0.1) is 11.3 Å². The van der Waals surface area contributed by atoms with Gasteiger partial charge in [0.1, 0.15) is 16.6 Å². The van der Waals surface area contributed by atoms with Crippen molar-refractivity contribution in [3.63, 3.8) is 0 Å². The Morgan fingerprint density at radius 3 is 2.62 bits per heavy atom. The lowest BCUT2D eigenvalue weighted by molar-refractivity contribution is 0.0520. The predicted octanol–water partition coefficient (Wildman–Crippen LogP) is 4.68. The molecule has 0 aliphatic carbocycles. The van der Waals surface area contributed by atoms with Crippen LogP contribution in [0.2, 0.25) is 5.02 Å². The van der Waals surface area contributed by atoms with Gasteiger partial charge in [-0.2, -0.15) is 9.78 Å². The highest BCUT2D eigenvalue weighted by atomic mass is 35.5. The fourth-order valence-corrected chi connectivity index (χ4v) is 4.38. The molecule has 174 valence electrons. The van der Waals surface area contributed by atoms with Gasteiger partial charge in [-0.05, 0) is 49.4 Å². The maximum Gasteiger partial charge on any atom is 0.359 e. The van der Waals surface area contributed by atoms with Crippen LogP contribution in [0.5, 0.6) is 5.75 Å². The number of hydrogen-bond donors (Lipinski definition) is 1. The number of ether oxygens (including phenoxy) is 2. The van der Waals surface area contributed by atoms with E-state index in [1.807, 2.05) is 0 Å². The number of carbonyl (C=O) groups excluding carboxylic acids is 2. The fourth-order valence-electron chi connectivity index (χ4n) is 3.28.